The van der Waals surface area contributed by atoms with E-state index in [1.807, 2.05) is 18.2 Å². The van der Waals surface area contributed by atoms with Crippen molar-refractivity contribution in [2.24, 2.45) is 11.7 Å². The summed E-state index contributed by atoms with van der Waals surface area (Å²) in [4.78, 5) is 13.2. The zero-order valence-corrected chi connectivity index (χ0v) is 12.4. The molecule has 0 spiro atoms. The van der Waals surface area contributed by atoms with Crippen LogP contribution in [0.2, 0.25) is 0 Å². The fourth-order valence-electron chi connectivity index (χ4n) is 2.84. The van der Waals surface area contributed by atoms with Gasteiger partial charge in [0.25, 0.3) is 0 Å². The maximum Gasteiger partial charge on any atom is 0.307 e. The normalized spacial score (nSPS) is 20.2. The van der Waals surface area contributed by atoms with Crippen LogP contribution in [0.4, 0.5) is 0 Å². The third kappa shape index (κ3) is 3.28. The molecule has 0 aromatic heterocycles. The van der Waals surface area contributed by atoms with Crippen LogP contribution in [0.3, 0.4) is 0 Å². The van der Waals surface area contributed by atoms with Crippen molar-refractivity contribution < 1.29 is 19.4 Å². The fraction of sp³-hybridized carbons (Fsp3) is 0.533. The molecule has 0 amide bonds. The van der Waals surface area contributed by atoms with Gasteiger partial charge in [-0.05, 0) is 31.2 Å². The molecule has 2 rings (SSSR count). The Morgan fingerprint density at radius 3 is 2.76 bits per heavy atom. The maximum absolute atomic E-state index is 11.1. The number of carbonyl (C=O) groups is 1. The highest BCUT2D eigenvalue weighted by molar-refractivity contribution is 5.70. The van der Waals surface area contributed by atoms with Gasteiger partial charge in [-0.25, -0.2) is 0 Å². The minimum Gasteiger partial charge on any atom is -0.497 e. The lowest BCUT2D eigenvalue weighted by molar-refractivity contribution is -0.141. The van der Waals surface area contributed by atoms with E-state index in [2.05, 4.69) is 4.90 Å². The molecule has 6 heteroatoms. The Morgan fingerprint density at radius 1 is 1.48 bits per heavy atom. The number of benzene rings is 1. The lowest BCUT2D eigenvalue weighted by atomic mass is 10.0. The van der Waals surface area contributed by atoms with Gasteiger partial charge in [-0.15, -0.1) is 0 Å². The summed E-state index contributed by atoms with van der Waals surface area (Å²) in [6.07, 6.45) is 0.651. The SMILES string of the molecule is COc1ccc(OC)c([C@@H](CN)N2CC[C@H](C(=O)O)C2)c1. The van der Waals surface area contributed by atoms with Crippen LogP contribution in [-0.2, 0) is 4.79 Å². The Labute approximate surface area is 124 Å². The Kier molecular flexibility index (Phi) is 5.03. The van der Waals surface area contributed by atoms with Crippen molar-refractivity contribution in [3.63, 3.8) is 0 Å². The highest BCUT2D eigenvalue weighted by atomic mass is 16.5. The molecule has 0 unspecified atom stereocenters. The summed E-state index contributed by atoms with van der Waals surface area (Å²) in [5, 5.41) is 9.14. The first-order valence-electron chi connectivity index (χ1n) is 6.99. The number of carboxylic acids is 1. The molecule has 1 aliphatic heterocycles. The lowest BCUT2D eigenvalue weighted by Gasteiger charge is -2.28. The summed E-state index contributed by atoms with van der Waals surface area (Å²) in [5.41, 5.74) is 6.87. The highest BCUT2D eigenvalue weighted by Gasteiger charge is 2.33. The number of nitrogens with two attached hydrogens (primary N) is 1. The second kappa shape index (κ2) is 6.78. The number of aliphatic carboxylic acids is 1. The van der Waals surface area contributed by atoms with Crippen molar-refractivity contribution in [1.82, 2.24) is 4.90 Å². The van der Waals surface area contributed by atoms with Gasteiger partial charge >= 0.3 is 5.97 Å². The quantitative estimate of drug-likeness (QED) is 0.817. The van der Waals surface area contributed by atoms with Crippen molar-refractivity contribution in [2.75, 3.05) is 33.9 Å². The second-order valence-electron chi connectivity index (χ2n) is 5.18. The standard InChI is InChI=1S/C15H22N2O4/c1-20-11-3-4-14(21-2)12(7-11)13(8-16)17-6-5-10(9-17)15(18)19/h3-4,7,10,13H,5-6,8-9,16H2,1-2H3,(H,18,19)/t10-,13+/m0/s1. The summed E-state index contributed by atoms with van der Waals surface area (Å²) in [6, 6.07) is 5.52. The van der Waals surface area contributed by atoms with E-state index in [1.165, 1.54) is 0 Å². The molecular formula is C15H22N2O4. The van der Waals surface area contributed by atoms with E-state index in [4.69, 9.17) is 20.3 Å². The first kappa shape index (κ1) is 15.6. The van der Waals surface area contributed by atoms with Crippen molar-refractivity contribution in [3.05, 3.63) is 23.8 Å². The first-order chi connectivity index (χ1) is 10.1. The van der Waals surface area contributed by atoms with Gasteiger partial charge in [0.05, 0.1) is 26.2 Å². The van der Waals surface area contributed by atoms with E-state index in [0.29, 0.717) is 19.5 Å². The molecule has 0 radical (unpaired) electrons. The topological polar surface area (TPSA) is 85.0 Å². The van der Waals surface area contributed by atoms with Gasteiger partial charge < -0.3 is 20.3 Å². The summed E-state index contributed by atoms with van der Waals surface area (Å²) >= 11 is 0. The predicted molar refractivity (Wildman–Crippen MR) is 78.7 cm³/mol. The minimum absolute atomic E-state index is 0.0700. The van der Waals surface area contributed by atoms with Gasteiger partial charge in [0.15, 0.2) is 0 Å². The Bertz CT molecular complexity index is 506. The average molecular weight is 294 g/mol. The highest BCUT2D eigenvalue weighted by Crippen LogP contribution is 2.34. The van der Waals surface area contributed by atoms with Gasteiger partial charge in [0.1, 0.15) is 11.5 Å². The number of ether oxygens (including phenoxy) is 2. The molecular weight excluding hydrogens is 272 g/mol. The molecule has 1 aliphatic rings. The second-order valence-corrected chi connectivity index (χ2v) is 5.18. The van der Waals surface area contributed by atoms with Gasteiger partial charge in [-0.2, -0.15) is 0 Å². The van der Waals surface area contributed by atoms with Crippen molar-refractivity contribution in [2.45, 2.75) is 12.5 Å². The zero-order chi connectivity index (χ0) is 15.4. The number of rotatable bonds is 6. The number of hydrogen-bond acceptors (Lipinski definition) is 5. The van der Waals surface area contributed by atoms with E-state index < -0.39 is 5.97 Å². The molecule has 0 aliphatic carbocycles. The molecule has 6 nitrogen and oxygen atoms in total. The van der Waals surface area contributed by atoms with Crippen LogP contribution in [0.15, 0.2) is 18.2 Å². The van der Waals surface area contributed by atoms with Crippen LogP contribution in [0.5, 0.6) is 11.5 Å². The van der Waals surface area contributed by atoms with E-state index in [1.54, 1.807) is 14.2 Å². The van der Waals surface area contributed by atoms with Gasteiger partial charge in [0, 0.05) is 18.7 Å². The van der Waals surface area contributed by atoms with E-state index in [-0.39, 0.29) is 12.0 Å². The van der Waals surface area contributed by atoms with Crippen LogP contribution in [0.1, 0.15) is 18.0 Å². The van der Waals surface area contributed by atoms with Gasteiger partial charge in [-0.1, -0.05) is 0 Å². The largest absolute Gasteiger partial charge is 0.497 e. The smallest absolute Gasteiger partial charge is 0.307 e. The molecule has 21 heavy (non-hydrogen) atoms. The Balaban J connectivity index is 2.27. The summed E-state index contributed by atoms with van der Waals surface area (Å²) in [5.74, 6) is 0.407. The van der Waals surface area contributed by atoms with E-state index in [9.17, 15) is 4.79 Å². The Morgan fingerprint density at radius 2 is 2.24 bits per heavy atom. The molecule has 1 aromatic rings. The molecule has 116 valence electrons. The monoisotopic (exact) mass is 294 g/mol. The maximum atomic E-state index is 11.1. The molecule has 1 aromatic carbocycles. The third-order valence-corrected chi connectivity index (χ3v) is 4.03. The van der Waals surface area contributed by atoms with Crippen molar-refractivity contribution in [3.8, 4) is 11.5 Å². The van der Waals surface area contributed by atoms with Crippen molar-refractivity contribution >= 4 is 5.97 Å². The molecule has 1 fully saturated rings. The summed E-state index contributed by atoms with van der Waals surface area (Å²) in [7, 11) is 3.22. The van der Waals surface area contributed by atoms with Crippen LogP contribution in [-0.4, -0.2) is 49.8 Å². The zero-order valence-electron chi connectivity index (χ0n) is 12.4. The number of likely N-dealkylation sites (tertiary alicyclic amines) is 1. The predicted octanol–water partition coefficient (Wildman–Crippen LogP) is 1.11. The van der Waals surface area contributed by atoms with Crippen LogP contribution < -0.4 is 15.2 Å². The average Bonchev–Trinajstić information content (AvgIpc) is 2.98. The Hall–Kier alpha value is -1.79. The number of hydrogen-bond donors (Lipinski definition) is 2. The molecule has 2 atom stereocenters. The molecule has 3 N–H and O–H groups in total. The van der Waals surface area contributed by atoms with E-state index >= 15 is 0 Å². The summed E-state index contributed by atoms with van der Waals surface area (Å²) < 4.78 is 10.7. The number of carboxylic acid groups (broad SMARTS) is 1. The summed E-state index contributed by atoms with van der Waals surface area (Å²) in [6.45, 7) is 1.63. The minimum atomic E-state index is -0.745. The number of methoxy groups -OCH3 is 2. The molecule has 0 bridgehead atoms. The van der Waals surface area contributed by atoms with Crippen molar-refractivity contribution in [1.29, 1.82) is 0 Å². The first-order valence-corrected chi connectivity index (χ1v) is 6.99. The van der Waals surface area contributed by atoms with Crippen LogP contribution in [0.25, 0.3) is 0 Å². The molecule has 0 saturated carbocycles. The molecule has 1 saturated heterocycles. The van der Waals surface area contributed by atoms with Gasteiger partial charge in [-0.3, -0.25) is 9.69 Å². The van der Waals surface area contributed by atoms with Crippen LogP contribution in [0, 0.1) is 5.92 Å². The number of nitrogens with zero attached hydrogens (tertiary/aromatic N) is 1. The van der Waals surface area contributed by atoms with E-state index in [0.717, 1.165) is 23.6 Å². The third-order valence-electron chi connectivity index (χ3n) is 4.03. The van der Waals surface area contributed by atoms with Crippen LogP contribution >= 0.6 is 0 Å². The van der Waals surface area contributed by atoms with Gasteiger partial charge in [0.2, 0.25) is 0 Å². The fourth-order valence-corrected chi connectivity index (χ4v) is 2.84. The lowest BCUT2D eigenvalue weighted by Crippen LogP contribution is -2.33. The molecule has 1 heterocycles.